The van der Waals surface area contributed by atoms with Gasteiger partial charge in [-0.2, -0.15) is 5.26 Å². The molecule has 3 aromatic rings. The molecule has 0 N–H and O–H groups in total. The first-order valence-corrected chi connectivity index (χ1v) is 8.81. The van der Waals surface area contributed by atoms with Crippen LogP contribution in [0.3, 0.4) is 0 Å². The minimum Gasteiger partial charge on any atom is -0.224 e. The smallest absolute Gasteiger partial charge is 0.224 e. The second-order valence-electron chi connectivity index (χ2n) is 5.06. The third kappa shape index (κ3) is 2.54. The van der Waals surface area contributed by atoms with Gasteiger partial charge in [0.2, 0.25) is 0 Å². The highest BCUT2D eigenvalue weighted by Gasteiger charge is 2.24. The first-order valence-electron chi connectivity index (χ1n) is 6.57. The van der Waals surface area contributed by atoms with Crippen LogP contribution in [-0.4, -0.2) is 12.4 Å². The quantitative estimate of drug-likeness (QED) is 0.662. The van der Waals surface area contributed by atoms with Gasteiger partial charge in [0.15, 0.2) is 0 Å². The number of hydrogen-bond acceptors (Lipinski definition) is 3. The van der Waals surface area contributed by atoms with Crippen molar-refractivity contribution in [2.45, 2.75) is 11.8 Å². The van der Waals surface area contributed by atoms with E-state index in [-0.39, 0.29) is 20.6 Å². The standard InChI is InChI=1S/C16H10BrFN2O2S/c1-10-2-4-13(5-3-10)23(21,22)20-15(17)8-12-6-11(9-19)7-14(18)16(12)20/h2-8H,1H3. The summed E-state index contributed by atoms with van der Waals surface area (Å²) in [5, 5.41) is 9.25. The Kier molecular flexibility index (Phi) is 3.74. The van der Waals surface area contributed by atoms with Gasteiger partial charge in [0.25, 0.3) is 10.0 Å². The maximum Gasteiger partial charge on any atom is 0.269 e. The van der Waals surface area contributed by atoms with Gasteiger partial charge in [0, 0.05) is 5.39 Å². The van der Waals surface area contributed by atoms with Gasteiger partial charge in [-0.05, 0) is 53.2 Å². The number of halogens is 2. The lowest BCUT2D eigenvalue weighted by atomic mass is 10.2. The van der Waals surface area contributed by atoms with Crippen LogP contribution in [0, 0.1) is 24.1 Å². The lowest BCUT2D eigenvalue weighted by Crippen LogP contribution is -2.13. The van der Waals surface area contributed by atoms with E-state index < -0.39 is 15.8 Å². The number of nitrogens with zero attached hydrogens (tertiary/aromatic N) is 2. The number of hydrogen-bond donors (Lipinski definition) is 0. The van der Waals surface area contributed by atoms with Gasteiger partial charge in [-0.3, -0.25) is 0 Å². The van der Waals surface area contributed by atoms with Crippen LogP contribution in [0.1, 0.15) is 11.1 Å². The van der Waals surface area contributed by atoms with Crippen LogP contribution in [0.2, 0.25) is 0 Å². The second-order valence-corrected chi connectivity index (χ2v) is 7.66. The van der Waals surface area contributed by atoms with Gasteiger partial charge >= 0.3 is 0 Å². The van der Waals surface area contributed by atoms with Crippen LogP contribution < -0.4 is 0 Å². The van der Waals surface area contributed by atoms with Crippen molar-refractivity contribution in [3.8, 4) is 6.07 Å². The molecular formula is C16H10BrFN2O2S. The van der Waals surface area contributed by atoms with Crippen molar-refractivity contribution in [2.75, 3.05) is 0 Å². The average Bonchev–Trinajstić information content (AvgIpc) is 2.84. The molecule has 23 heavy (non-hydrogen) atoms. The maximum absolute atomic E-state index is 14.4. The Balaban J connectivity index is 2.34. The van der Waals surface area contributed by atoms with Gasteiger partial charge in [-0.1, -0.05) is 17.7 Å². The van der Waals surface area contributed by atoms with Crippen molar-refractivity contribution in [2.24, 2.45) is 0 Å². The molecule has 0 aliphatic heterocycles. The van der Waals surface area contributed by atoms with Crippen LogP contribution in [-0.2, 0) is 10.0 Å². The first kappa shape index (κ1) is 15.7. The van der Waals surface area contributed by atoms with Crippen molar-refractivity contribution in [3.63, 3.8) is 0 Å². The van der Waals surface area contributed by atoms with E-state index in [4.69, 9.17) is 5.26 Å². The lowest BCUT2D eigenvalue weighted by Gasteiger charge is -2.10. The topological polar surface area (TPSA) is 62.9 Å². The largest absolute Gasteiger partial charge is 0.269 e. The number of nitriles is 1. The molecule has 0 radical (unpaired) electrons. The minimum absolute atomic E-state index is 0.0602. The second kappa shape index (κ2) is 5.48. The molecule has 0 atom stereocenters. The van der Waals surface area contributed by atoms with Crippen molar-refractivity contribution < 1.29 is 12.8 Å². The minimum atomic E-state index is -3.96. The molecule has 116 valence electrons. The Labute approximate surface area is 141 Å². The number of fused-ring (bicyclic) bond motifs is 1. The fourth-order valence-electron chi connectivity index (χ4n) is 2.35. The van der Waals surface area contributed by atoms with E-state index in [0.29, 0.717) is 5.39 Å². The molecular weight excluding hydrogens is 383 g/mol. The number of aromatic nitrogens is 1. The monoisotopic (exact) mass is 392 g/mol. The number of rotatable bonds is 2. The average molecular weight is 393 g/mol. The SMILES string of the molecule is Cc1ccc(S(=O)(=O)n2c(Br)cc3cc(C#N)cc(F)c32)cc1. The Morgan fingerprint density at radius 2 is 1.83 bits per heavy atom. The van der Waals surface area contributed by atoms with Crippen molar-refractivity contribution in [3.05, 3.63) is 64.0 Å². The van der Waals surface area contributed by atoms with Gasteiger partial charge in [0.1, 0.15) is 15.9 Å². The normalized spacial score (nSPS) is 11.6. The predicted molar refractivity (Wildman–Crippen MR) is 88.1 cm³/mol. The summed E-state index contributed by atoms with van der Waals surface area (Å²) in [5.74, 6) is -0.763. The van der Waals surface area contributed by atoms with E-state index in [1.165, 1.54) is 24.3 Å². The van der Waals surface area contributed by atoms with E-state index in [1.54, 1.807) is 12.1 Å². The van der Waals surface area contributed by atoms with E-state index in [2.05, 4.69) is 15.9 Å². The third-order valence-electron chi connectivity index (χ3n) is 3.45. The summed E-state index contributed by atoms with van der Waals surface area (Å²) in [7, 11) is -3.96. The highest BCUT2D eigenvalue weighted by atomic mass is 79.9. The van der Waals surface area contributed by atoms with Gasteiger partial charge in [-0.25, -0.2) is 16.8 Å². The van der Waals surface area contributed by atoms with Crippen LogP contribution >= 0.6 is 15.9 Å². The van der Waals surface area contributed by atoms with E-state index in [1.807, 2.05) is 13.0 Å². The summed E-state index contributed by atoms with van der Waals surface area (Å²) in [6.45, 7) is 1.85. The Hall–Kier alpha value is -2.17. The van der Waals surface area contributed by atoms with Gasteiger partial charge < -0.3 is 0 Å². The molecule has 1 heterocycles. The van der Waals surface area contributed by atoms with Crippen molar-refractivity contribution in [1.29, 1.82) is 5.26 Å². The van der Waals surface area contributed by atoms with Crippen LogP contribution in [0.25, 0.3) is 10.9 Å². The molecule has 0 aliphatic rings. The Bertz CT molecular complexity index is 1060. The van der Waals surface area contributed by atoms with Crippen LogP contribution in [0.5, 0.6) is 0 Å². The van der Waals surface area contributed by atoms with Crippen LogP contribution in [0.15, 0.2) is 52.0 Å². The molecule has 3 rings (SSSR count). The lowest BCUT2D eigenvalue weighted by molar-refractivity contribution is 0.585. The number of aryl methyl sites for hydroxylation is 1. The highest BCUT2D eigenvalue weighted by molar-refractivity contribution is 9.10. The molecule has 0 saturated heterocycles. The molecule has 0 bridgehead atoms. The summed E-state index contributed by atoms with van der Waals surface area (Å²) in [6.07, 6.45) is 0. The molecule has 2 aromatic carbocycles. The zero-order valence-corrected chi connectivity index (χ0v) is 14.3. The maximum atomic E-state index is 14.4. The predicted octanol–water partition coefficient (Wildman–Crippen LogP) is 3.96. The summed E-state index contributed by atoms with van der Waals surface area (Å²) in [6, 6.07) is 12.1. The van der Waals surface area contributed by atoms with E-state index >= 15 is 0 Å². The molecule has 1 aromatic heterocycles. The Morgan fingerprint density at radius 3 is 2.43 bits per heavy atom. The fraction of sp³-hybridized carbons (Fsp3) is 0.0625. The zero-order valence-electron chi connectivity index (χ0n) is 11.9. The van der Waals surface area contributed by atoms with Crippen LogP contribution in [0.4, 0.5) is 4.39 Å². The molecule has 7 heteroatoms. The Morgan fingerprint density at radius 1 is 1.17 bits per heavy atom. The highest BCUT2D eigenvalue weighted by Crippen LogP contribution is 2.31. The van der Waals surface area contributed by atoms with Crippen molar-refractivity contribution in [1.82, 2.24) is 3.97 Å². The van der Waals surface area contributed by atoms with Gasteiger partial charge in [-0.15, -0.1) is 0 Å². The molecule has 0 aliphatic carbocycles. The zero-order chi connectivity index (χ0) is 16.8. The van der Waals surface area contributed by atoms with E-state index in [0.717, 1.165) is 15.6 Å². The number of benzene rings is 2. The molecule has 0 unspecified atom stereocenters. The summed E-state index contributed by atoms with van der Waals surface area (Å²) < 4.78 is 41.2. The molecule has 4 nitrogen and oxygen atoms in total. The summed E-state index contributed by atoms with van der Waals surface area (Å²) in [5.41, 5.74) is 0.967. The molecule has 0 fully saturated rings. The molecule has 0 amide bonds. The third-order valence-corrected chi connectivity index (χ3v) is 6.00. The first-order chi connectivity index (χ1) is 10.8. The van der Waals surface area contributed by atoms with Crippen molar-refractivity contribution >= 4 is 36.9 Å². The fourth-order valence-corrected chi connectivity index (χ4v) is 4.76. The van der Waals surface area contributed by atoms with E-state index in [9.17, 15) is 12.8 Å². The molecule has 0 spiro atoms. The summed E-state index contributed by atoms with van der Waals surface area (Å²) in [4.78, 5) is 0.0602. The van der Waals surface area contributed by atoms with Gasteiger partial charge in [0.05, 0.1) is 16.5 Å². The summed E-state index contributed by atoms with van der Waals surface area (Å²) >= 11 is 3.17. The molecule has 0 saturated carbocycles.